The lowest BCUT2D eigenvalue weighted by Gasteiger charge is -2.16. The number of hydrogen-bond donors (Lipinski definition) is 2. The topological polar surface area (TPSA) is 82.2 Å². The van der Waals surface area contributed by atoms with E-state index in [2.05, 4.69) is 11.4 Å². The molecule has 1 amide bonds. The Hall–Kier alpha value is -1.74. The highest BCUT2D eigenvalue weighted by atomic mass is 32.1. The average Bonchev–Trinajstić information content (AvgIpc) is 3.10. The summed E-state index contributed by atoms with van der Waals surface area (Å²) in [6.45, 7) is 0.918. The Morgan fingerprint density at radius 1 is 1.67 bits per heavy atom. The van der Waals surface area contributed by atoms with Crippen LogP contribution < -0.4 is 16.0 Å². The monoisotopic (exact) mass is 264 g/mol. The summed E-state index contributed by atoms with van der Waals surface area (Å²) in [5, 5.41) is 12.5. The fraction of sp³-hybridized carbons (Fsp3) is 0.500. The lowest BCUT2D eigenvalue weighted by molar-refractivity contribution is 0.0968. The summed E-state index contributed by atoms with van der Waals surface area (Å²) >= 11 is 1.29. The molecule has 5 nitrogen and oxygen atoms in total. The van der Waals surface area contributed by atoms with Crippen molar-refractivity contribution in [2.45, 2.75) is 12.8 Å². The lowest BCUT2D eigenvalue weighted by Crippen LogP contribution is -2.19. The molecular formula is C12H16N4OS. The Labute approximate surface area is 110 Å². The van der Waals surface area contributed by atoms with Gasteiger partial charge in [-0.3, -0.25) is 4.79 Å². The summed E-state index contributed by atoms with van der Waals surface area (Å²) in [5.41, 5.74) is 6.59. The van der Waals surface area contributed by atoms with Gasteiger partial charge in [0.05, 0.1) is 5.69 Å². The standard InChI is InChI=1S/C12H16N4OS/c1-15-11(17)10-9(14)8(5-13)12(18-10)16(2)6-7-3-4-7/h7H,3-4,6,14H2,1-2H3,(H,15,17). The minimum atomic E-state index is -0.236. The number of anilines is 2. The summed E-state index contributed by atoms with van der Waals surface area (Å²) in [6, 6.07) is 2.10. The van der Waals surface area contributed by atoms with Crippen molar-refractivity contribution in [3.63, 3.8) is 0 Å². The second-order valence-corrected chi connectivity index (χ2v) is 5.54. The van der Waals surface area contributed by atoms with Crippen LogP contribution in [-0.2, 0) is 0 Å². The van der Waals surface area contributed by atoms with E-state index in [1.165, 1.54) is 24.2 Å². The van der Waals surface area contributed by atoms with Crippen LogP contribution in [-0.4, -0.2) is 26.5 Å². The third kappa shape index (κ3) is 2.27. The highest BCUT2D eigenvalue weighted by Gasteiger charge is 2.27. The molecule has 0 saturated heterocycles. The maximum Gasteiger partial charge on any atom is 0.263 e. The second kappa shape index (κ2) is 4.86. The quantitative estimate of drug-likeness (QED) is 0.861. The van der Waals surface area contributed by atoms with Gasteiger partial charge in [0.2, 0.25) is 0 Å². The molecule has 0 atom stereocenters. The van der Waals surface area contributed by atoms with Gasteiger partial charge in [0, 0.05) is 20.6 Å². The molecule has 0 bridgehead atoms. The van der Waals surface area contributed by atoms with E-state index >= 15 is 0 Å². The lowest BCUT2D eigenvalue weighted by atomic mass is 10.2. The van der Waals surface area contributed by atoms with Gasteiger partial charge >= 0.3 is 0 Å². The van der Waals surface area contributed by atoms with Crippen LogP contribution in [0, 0.1) is 17.2 Å². The summed E-state index contributed by atoms with van der Waals surface area (Å²) < 4.78 is 0. The number of nitrogens with two attached hydrogens (primary N) is 1. The number of nitrogen functional groups attached to an aromatic ring is 1. The highest BCUT2D eigenvalue weighted by Crippen LogP contribution is 2.39. The smallest absolute Gasteiger partial charge is 0.263 e. The van der Waals surface area contributed by atoms with Crippen molar-refractivity contribution in [3.05, 3.63) is 10.4 Å². The number of nitriles is 1. The van der Waals surface area contributed by atoms with Crippen LogP contribution in [0.5, 0.6) is 0 Å². The highest BCUT2D eigenvalue weighted by molar-refractivity contribution is 7.19. The number of nitrogens with one attached hydrogen (secondary N) is 1. The number of carbonyl (C=O) groups excluding carboxylic acids is 1. The first-order valence-corrected chi connectivity index (χ1v) is 6.65. The van der Waals surface area contributed by atoms with Crippen LogP contribution >= 0.6 is 11.3 Å². The molecule has 3 N–H and O–H groups in total. The van der Waals surface area contributed by atoms with Crippen LogP contribution in [0.3, 0.4) is 0 Å². The van der Waals surface area contributed by atoms with Crippen LogP contribution in [0.25, 0.3) is 0 Å². The van der Waals surface area contributed by atoms with E-state index in [0.717, 1.165) is 11.5 Å². The van der Waals surface area contributed by atoms with E-state index in [4.69, 9.17) is 5.73 Å². The summed E-state index contributed by atoms with van der Waals surface area (Å²) in [4.78, 5) is 14.1. The Balaban J connectivity index is 2.33. The Morgan fingerprint density at radius 2 is 2.33 bits per heavy atom. The fourth-order valence-electron chi connectivity index (χ4n) is 1.86. The van der Waals surface area contributed by atoms with Crippen LogP contribution in [0.15, 0.2) is 0 Å². The van der Waals surface area contributed by atoms with E-state index in [0.29, 0.717) is 22.0 Å². The molecule has 1 saturated carbocycles. The van der Waals surface area contributed by atoms with Crippen molar-refractivity contribution in [1.82, 2.24) is 5.32 Å². The fourth-order valence-corrected chi connectivity index (χ4v) is 2.95. The molecule has 0 unspecified atom stereocenters. The Bertz CT molecular complexity index is 513. The Morgan fingerprint density at radius 3 is 2.83 bits per heavy atom. The van der Waals surface area contributed by atoms with Gasteiger partial charge in [-0.1, -0.05) is 0 Å². The molecule has 96 valence electrons. The molecule has 0 aromatic carbocycles. The van der Waals surface area contributed by atoms with E-state index in [1.54, 1.807) is 7.05 Å². The predicted octanol–water partition coefficient (Wildman–Crippen LogP) is 1.41. The van der Waals surface area contributed by atoms with Gasteiger partial charge in [-0.25, -0.2) is 0 Å². The van der Waals surface area contributed by atoms with E-state index < -0.39 is 0 Å². The zero-order valence-electron chi connectivity index (χ0n) is 10.5. The summed E-state index contributed by atoms with van der Waals surface area (Å²) in [5.74, 6) is 0.480. The Kier molecular flexibility index (Phi) is 3.43. The molecule has 18 heavy (non-hydrogen) atoms. The number of carbonyl (C=O) groups is 1. The zero-order valence-corrected chi connectivity index (χ0v) is 11.3. The zero-order chi connectivity index (χ0) is 13.3. The van der Waals surface area contributed by atoms with Gasteiger partial charge in [-0.05, 0) is 18.8 Å². The van der Waals surface area contributed by atoms with Gasteiger partial charge in [-0.2, -0.15) is 5.26 Å². The van der Waals surface area contributed by atoms with Crippen molar-refractivity contribution in [2.75, 3.05) is 31.3 Å². The number of nitrogens with zero attached hydrogens (tertiary/aromatic N) is 2. The van der Waals surface area contributed by atoms with Gasteiger partial charge in [-0.15, -0.1) is 11.3 Å². The molecule has 1 aromatic rings. The number of hydrogen-bond acceptors (Lipinski definition) is 5. The third-order valence-corrected chi connectivity index (χ3v) is 4.37. The van der Waals surface area contributed by atoms with E-state index in [9.17, 15) is 10.1 Å². The molecule has 0 aliphatic heterocycles. The average molecular weight is 264 g/mol. The first kappa shape index (κ1) is 12.7. The van der Waals surface area contributed by atoms with Crippen molar-refractivity contribution in [3.8, 4) is 6.07 Å². The molecule has 1 aromatic heterocycles. The predicted molar refractivity (Wildman–Crippen MR) is 72.8 cm³/mol. The van der Waals surface area contributed by atoms with Gasteiger partial charge in [0.25, 0.3) is 5.91 Å². The molecule has 2 rings (SSSR count). The maximum atomic E-state index is 11.7. The van der Waals surface area contributed by atoms with Gasteiger partial charge < -0.3 is 16.0 Å². The summed E-state index contributed by atoms with van der Waals surface area (Å²) in [6.07, 6.45) is 2.49. The molecule has 1 aliphatic rings. The molecule has 1 aliphatic carbocycles. The first-order valence-electron chi connectivity index (χ1n) is 5.84. The van der Waals surface area contributed by atoms with Crippen molar-refractivity contribution < 1.29 is 4.79 Å². The molecular weight excluding hydrogens is 248 g/mol. The molecule has 0 radical (unpaired) electrons. The SMILES string of the molecule is CNC(=O)c1sc(N(C)CC2CC2)c(C#N)c1N. The van der Waals surface area contributed by atoms with Crippen molar-refractivity contribution in [1.29, 1.82) is 5.26 Å². The first-order chi connectivity index (χ1) is 8.58. The third-order valence-electron chi connectivity index (χ3n) is 3.05. The van der Waals surface area contributed by atoms with E-state index in [1.807, 2.05) is 11.9 Å². The number of thiophene rings is 1. The van der Waals surface area contributed by atoms with Crippen molar-refractivity contribution in [2.24, 2.45) is 5.92 Å². The molecule has 0 spiro atoms. The summed E-state index contributed by atoms with van der Waals surface area (Å²) in [7, 11) is 3.50. The minimum Gasteiger partial charge on any atom is -0.396 e. The number of amides is 1. The maximum absolute atomic E-state index is 11.7. The van der Waals surface area contributed by atoms with Crippen molar-refractivity contribution >= 4 is 27.9 Å². The van der Waals surface area contributed by atoms with Crippen LogP contribution in [0.2, 0.25) is 0 Å². The van der Waals surface area contributed by atoms with Crippen LogP contribution in [0.1, 0.15) is 28.1 Å². The van der Waals surface area contributed by atoms with Crippen LogP contribution in [0.4, 0.5) is 10.7 Å². The van der Waals surface area contributed by atoms with Gasteiger partial charge in [0.15, 0.2) is 0 Å². The normalized spacial score (nSPS) is 14.1. The minimum absolute atomic E-state index is 0.236. The van der Waals surface area contributed by atoms with Gasteiger partial charge in [0.1, 0.15) is 21.5 Å². The largest absolute Gasteiger partial charge is 0.396 e. The molecule has 6 heteroatoms. The van der Waals surface area contributed by atoms with E-state index in [-0.39, 0.29) is 5.91 Å². The molecule has 1 fully saturated rings. The second-order valence-electron chi connectivity index (χ2n) is 4.54. The molecule has 1 heterocycles. The number of rotatable bonds is 4.